The van der Waals surface area contributed by atoms with Gasteiger partial charge in [0, 0.05) is 28.3 Å². The lowest BCUT2D eigenvalue weighted by molar-refractivity contribution is -0.119. The molecule has 0 aliphatic rings. The number of aryl methyl sites for hydroxylation is 1. The lowest BCUT2D eigenvalue weighted by atomic mass is 10.1. The van der Waals surface area contributed by atoms with Crippen molar-refractivity contribution in [2.24, 2.45) is 0 Å². The molecule has 3 aromatic rings. The van der Waals surface area contributed by atoms with Crippen LogP contribution in [0, 0.1) is 6.92 Å². The van der Waals surface area contributed by atoms with Gasteiger partial charge >= 0.3 is 0 Å². The van der Waals surface area contributed by atoms with Crippen LogP contribution < -0.4 is 26.2 Å². The molecule has 0 saturated carbocycles. The van der Waals surface area contributed by atoms with E-state index in [-0.39, 0.29) is 30.0 Å². The average molecular weight is 559 g/mol. The third kappa shape index (κ3) is 8.75. The second kappa shape index (κ2) is 13.6. The van der Waals surface area contributed by atoms with Crippen molar-refractivity contribution in [1.82, 2.24) is 16.2 Å². The fraction of sp³-hybridized carbons (Fsp3) is 0.154. The summed E-state index contributed by atoms with van der Waals surface area (Å²) in [7, 11) is 0. The molecule has 0 aliphatic heterocycles. The van der Waals surface area contributed by atoms with Crippen LogP contribution in [0.2, 0.25) is 10.0 Å². The van der Waals surface area contributed by atoms with E-state index in [9.17, 15) is 14.4 Å². The van der Waals surface area contributed by atoms with Crippen LogP contribution in [0.25, 0.3) is 0 Å². The molecule has 0 aliphatic carbocycles. The molecular formula is C26H24Cl2N4O4S. The van der Waals surface area contributed by atoms with Crippen molar-refractivity contribution in [3.05, 3.63) is 93.5 Å². The monoisotopic (exact) mass is 558 g/mol. The summed E-state index contributed by atoms with van der Waals surface area (Å²) in [6.07, 6.45) is 0.573. The molecule has 0 heterocycles. The first-order chi connectivity index (χ1) is 17.7. The van der Waals surface area contributed by atoms with E-state index in [0.717, 1.165) is 5.56 Å². The predicted octanol–water partition coefficient (Wildman–Crippen LogP) is 5.05. The number of carbonyl (C=O) groups is 3. The Balaban J connectivity index is 1.37. The lowest BCUT2D eigenvalue weighted by Gasteiger charge is -2.12. The van der Waals surface area contributed by atoms with E-state index in [2.05, 4.69) is 21.5 Å². The zero-order valence-electron chi connectivity index (χ0n) is 19.8. The number of amides is 3. The van der Waals surface area contributed by atoms with Gasteiger partial charge in [-0.25, -0.2) is 0 Å². The predicted molar refractivity (Wildman–Crippen MR) is 148 cm³/mol. The molecule has 0 radical (unpaired) electrons. The van der Waals surface area contributed by atoms with Gasteiger partial charge in [-0.1, -0.05) is 41.4 Å². The van der Waals surface area contributed by atoms with Gasteiger partial charge in [0.05, 0.1) is 11.6 Å². The molecule has 192 valence electrons. The maximum Gasteiger partial charge on any atom is 0.269 e. The number of halogens is 2. The molecule has 0 bridgehead atoms. The van der Waals surface area contributed by atoms with E-state index in [1.54, 1.807) is 54.6 Å². The Labute approximate surface area is 229 Å². The van der Waals surface area contributed by atoms with E-state index in [4.69, 9.17) is 40.2 Å². The van der Waals surface area contributed by atoms with Gasteiger partial charge in [-0.3, -0.25) is 25.2 Å². The van der Waals surface area contributed by atoms with Crippen LogP contribution in [0.3, 0.4) is 0 Å². The summed E-state index contributed by atoms with van der Waals surface area (Å²) in [5.74, 6) is -0.570. The van der Waals surface area contributed by atoms with Crippen molar-refractivity contribution in [3.8, 4) is 5.75 Å². The van der Waals surface area contributed by atoms with E-state index in [1.165, 1.54) is 0 Å². The summed E-state index contributed by atoms with van der Waals surface area (Å²) >= 11 is 16.9. The molecule has 3 rings (SSSR count). The molecule has 4 N–H and O–H groups in total. The highest BCUT2D eigenvalue weighted by molar-refractivity contribution is 7.80. The Bertz CT molecular complexity index is 1300. The highest BCUT2D eigenvalue weighted by atomic mass is 35.5. The van der Waals surface area contributed by atoms with Gasteiger partial charge in [-0.05, 0) is 79.7 Å². The molecule has 0 aromatic heterocycles. The Hall–Kier alpha value is -3.66. The Kier molecular flexibility index (Phi) is 10.3. The number of hydrazine groups is 1. The van der Waals surface area contributed by atoms with Crippen molar-refractivity contribution in [2.75, 3.05) is 11.9 Å². The summed E-state index contributed by atoms with van der Waals surface area (Å²) in [6, 6.07) is 18.5. The van der Waals surface area contributed by atoms with E-state index >= 15 is 0 Å². The second-order valence-electron chi connectivity index (χ2n) is 7.83. The Morgan fingerprint density at radius 2 is 1.65 bits per heavy atom. The van der Waals surface area contributed by atoms with E-state index in [1.807, 2.05) is 19.1 Å². The summed E-state index contributed by atoms with van der Waals surface area (Å²) < 4.78 is 5.53. The van der Waals surface area contributed by atoms with E-state index < -0.39 is 5.91 Å². The number of anilines is 1. The lowest BCUT2D eigenvalue weighted by Crippen LogP contribution is -2.48. The molecule has 11 heteroatoms. The topological polar surface area (TPSA) is 109 Å². The quantitative estimate of drug-likeness (QED) is 0.175. The van der Waals surface area contributed by atoms with Crippen molar-refractivity contribution < 1.29 is 19.1 Å². The number of benzene rings is 3. The van der Waals surface area contributed by atoms with Crippen LogP contribution >= 0.6 is 35.4 Å². The fourth-order valence-electron chi connectivity index (χ4n) is 3.14. The summed E-state index contributed by atoms with van der Waals surface area (Å²) in [5, 5.41) is 6.11. The van der Waals surface area contributed by atoms with Crippen LogP contribution in [0.4, 0.5) is 5.69 Å². The zero-order valence-corrected chi connectivity index (χ0v) is 22.1. The van der Waals surface area contributed by atoms with Crippen LogP contribution in [-0.4, -0.2) is 29.4 Å². The van der Waals surface area contributed by atoms with Gasteiger partial charge in [0.2, 0.25) is 5.91 Å². The molecule has 0 spiro atoms. The highest BCUT2D eigenvalue weighted by Crippen LogP contribution is 2.27. The number of hydrogen-bond acceptors (Lipinski definition) is 5. The Morgan fingerprint density at radius 3 is 2.35 bits per heavy atom. The minimum Gasteiger partial charge on any atom is -0.492 e. The molecule has 3 amide bonds. The van der Waals surface area contributed by atoms with Crippen LogP contribution in [0.5, 0.6) is 5.75 Å². The molecule has 0 saturated heterocycles. The normalized spacial score (nSPS) is 10.2. The minimum absolute atomic E-state index is 0.0536. The van der Waals surface area contributed by atoms with Crippen molar-refractivity contribution in [1.29, 1.82) is 0 Å². The number of rotatable bonds is 8. The van der Waals surface area contributed by atoms with Gasteiger partial charge in [-0.15, -0.1) is 0 Å². The van der Waals surface area contributed by atoms with Crippen molar-refractivity contribution in [2.45, 2.75) is 19.8 Å². The van der Waals surface area contributed by atoms with Crippen molar-refractivity contribution in [3.63, 3.8) is 0 Å². The number of hydrogen-bond donors (Lipinski definition) is 4. The first-order valence-electron chi connectivity index (χ1n) is 11.2. The summed E-state index contributed by atoms with van der Waals surface area (Å²) in [4.78, 5) is 36.8. The highest BCUT2D eigenvalue weighted by Gasteiger charge is 2.11. The molecule has 3 aromatic carbocycles. The fourth-order valence-corrected chi connectivity index (χ4v) is 3.77. The number of nitrogens with one attached hydrogen (secondary N) is 4. The zero-order chi connectivity index (χ0) is 26.8. The van der Waals surface area contributed by atoms with E-state index in [0.29, 0.717) is 39.0 Å². The number of thiocarbonyl (C=S) groups is 1. The first-order valence-corrected chi connectivity index (χ1v) is 12.3. The van der Waals surface area contributed by atoms with Crippen LogP contribution in [0.1, 0.15) is 39.1 Å². The molecule has 0 atom stereocenters. The van der Waals surface area contributed by atoms with Crippen LogP contribution in [-0.2, 0) is 4.79 Å². The summed E-state index contributed by atoms with van der Waals surface area (Å²) in [5.41, 5.74) is 7.21. The summed E-state index contributed by atoms with van der Waals surface area (Å²) in [6.45, 7) is 2.13. The molecule has 0 unspecified atom stereocenters. The van der Waals surface area contributed by atoms with Gasteiger partial charge < -0.3 is 15.4 Å². The van der Waals surface area contributed by atoms with Gasteiger partial charge in [0.25, 0.3) is 11.8 Å². The maximum absolute atomic E-state index is 12.4. The minimum atomic E-state index is -0.471. The molecule has 8 nitrogen and oxygen atoms in total. The SMILES string of the molecule is Cc1ccccc1C(=O)Nc1ccc(C(=O)NNC(=S)NC(=O)CCCOc2ccc(Cl)cc2Cl)cc1. The standard InChI is InChI=1S/C26H24Cl2N4O4S/c1-16-5-2-3-6-20(16)25(35)29-19-11-8-17(9-12-19)24(34)31-32-26(37)30-23(33)7-4-14-36-22-13-10-18(27)15-21(22)28/h2-3,5-6,8-13,15H,4,7,14H2,1H3,(H,29,35)(H,31,34)(H2,30,32,33,37). The van der Waals surface area contributed by atoms with Crippen LogP contribution in [0.15, 0.2) is 66.7 Å². The third-order valence-corrected chi connectivity index (χ3v) is 5.77. The number of carbonyl (C=O) groups excluding carboxylic acids is 3. The Morgan fingerprint density at radius 1 is 0.919 bits per heavy atom. The largest absolute Gasteiger partial charge is 0.492 e. The van der Waals surface area contributed by atoms with Gasteiger partial charge in [0.1, 0.15) is 5.75 Å². The number of ether oxygens (including phenoxy) is 1. The molecular weight excluding hydrogens is 535 g/mol. The second-order valence-corrected chi connectivity index (χ2v) is 9.08. The van der Waals surface area contributed by atoms with Gasteiger partial charge in [-0.2, -0.15) is 0 Å². The molecule has 0 fully saturated rings. The van der Waals surface area contributed by atoms with Gasteiger partial charge in [0.15, 0.2) is 5.11 Å². The van der Waals surface area contributed by atoms with Crippen molar-refractivity contribution >= 4 is 63.9 Å². The first kappa shape index (κ1) is 27.9. The average Bonchev–Trinajstić information content (AvgIpc) is 2.87. The smallest absolute Gasteiger partial charge is 0.269 e. The maximum atomic E-state index is 12.4. The third-order valence-electron chi connectivity index (χ3n) is 5.04. The molecule has 37 heavy (non-hydrogen) atoms.